The van der Waals surface area contributed by atoms with Crippen molar-refractivity contribution >= 4 is 11.9 Å². The molecule has 232 valence electrons. The van der Waals surface area contributed by atoms with Gasteiger partial charge >= 0.3 is 11.9 Å². The summed E-state index contributed by atoms with van der Waals surface area (Å²) in [5.41, 5.74) is -1.94. The van der Waals surface area contributed by atoms with E-state index in [1.807, 2.05) is 20.8 Å². The highest BCUT2D eigenvalue weighted by molar-refractivity contribution is 5.89. The van der Waals surface area contributed by atoms with Crippen molar-refractivity contribution in [1.29, 1.82) is 0 Å². The fourth-order valence-electron chi connectivity index (χ4n) is 7.35. The first-order valence-electron chi connectivity index (χ1n) is 14.8. The van der Waals surface area contributed by atoms with Crippen LogP contribution < -0.4 is 10.2 Å². The Hall–Kier alpha value is -3.59. The molecule has 1 aromatic rings. The Morgan fingerprint density at radius 2 is 1.77 bits per heavy atom. The lowest BCUT2D eigenvalue weighted by Gasteiger charge is -2.52. The van der Waals surface area contributed by atoms with Crippen molar-refractivity contribution in [3.8, 4) is 11.5 Å². The molecule has 0 aromatic heterocycles. The number of esters is 2. The van der Waals surface area contributed by atoms with Crippen LogP contribution in [0.1, 0.15) is 71.4 Å². The van der Waals surface area contributed by atoms with Crippen molar-refractivity contribution in [3.63, 3.8) is 0 Å². The fourth-order valence-corrected chi connectivity index (χ4v) is 7.35. The molecule has 3 aliphatic heterocycles. The number of rotatable bonds is 1. The lowest BCUT2D eigenvalue weighted by Crippen LogP contribution is -2.58. The normalized spacial score (nSPS) is 36.5. The molecule has 43 heavy (non-hydrogen) atoms. The monoisotopic (exact) mass is 594 g/mol. The Morgan fingerprint density at radius 1 is 1.05 bits per heavy atom. The van der Waals surface area contributed by atoms with Crippen molar-refractivity contribution in [2.45, 2.75) is 96.6 Å². The van der Waals surface area contributed by atoms with Crippen molar-refractivity contribution < 1.29 is 38.7 Å². The summed E-state index contributed by atoms with van der Waals surface area (Å²) >= 11 is 0. The molecule has 6 atom stereocenters. The minimum Gasteiger partial charge on any atom is -0.504 e. The molecule has 4 aliphatic rings. The van der Waals surface area contributed by atoms with Gasteiger partial charge < -0.3 is 29.2 Å². The molecule has 9 nitrogen and oxygen atoms in total. The molecule has 1 aromatic carbocycles. The van der Waals surface area contributed by atoms with E-state index in [0.717, 1.165) is 11.1 Å². The fraction of sp³-hybridized carbons (Fsp3) is 0.559. The summed E-state index contributed by atoms with van der Waals surface area (Å²) in [6.07, 6.45) is 8.10. The molecule has 0 radical (unpaired) electrons. The number of carbonyl (C=O) groups excluding carboxylic acids is 2. The zero-order chi connectivity index (χ0) is 31.5. The highest BCUT2D eigenvalue weighted by atomic mass is 16.6. The second kappa shape index (κ2) is 10.5. The smallest absolute Gasteiger partial charge is 0.334 e. The van der Waals surface area contributed by atoms with Gasteiger partial charge in [0, 0.05) is 36.8 Å². The molecule has 1 fully saturated rings. The molecule has 0 saturated carbocycles. The van der Waals surface area contributed by atoms with Crippen LogP contribution in [0.25, 0.3) is 0 Å². The van der Waals surface area contributed by atoms with E-state index in [4.69, 9.17) is 18.9 Å². The zero-order valence-electron chi connectivity index (χ0n) is 26.0. The van der Waals surface area contributed by atoms with Gasteiger partial charge in [0.05, 0.1) is 19.3 Å². The van der Waals surface area contributed by atoms with Gasteiger partial charge in [-0.3, -0.25) is 4.79 Å². The summed E-state index contributed by atoms with van der Waals surface area (Å²) in [6, 6.07) is 2.78. The first-order valence-corrected chi connectivity index (χ1v) is 14.8. The lowest BCUT2D eigenvalue weighted by atomic mass is 9.66. The molecule has 5 rings (SSSR count). The quantitative estimate of drug-likeness (QED) is 0.273. The minimum atomic E-state index is -1.31. The van der Waals surface area contributed by atoms with E-state index in [9.17, 15) is 24.6 Å². The molecule has 3 heterocycles. The highest BCUT2D eigenvalue weighted by Crippen LogP contribution is 2.54. The number of methoxy groups -OCH3 is 1. The molecule has 0 amide bonds. The third kappa shape index (κ3) is 5.37. The summed E-state index contributed by atoms with van der Waals surface area (Å²) in [4.78, 5) is 37.6. The second-order valence-corrected chi connectivity index (χ2v) is 13.7. The third-order valence-corrected chi connectivity index (χ3v) is 10.1. The van der Waals surface area contributed by atoms with Crippen LogP contribution in [0.5, 0.6) is 11.5 Å². The first-order chi connectivity index (χ1) is 20.0. The molecule has 1 saturated heterocycles. The average molecular weight is 595 g/mol. The van der Waals surface area contributed by atoms with Crippen molar-refractivity contribution in [2.75, 3.05) is 7.11 Å². The van der Waals surface area contributed by atoms with E-state index >= 15 is 0 Å². The van der Waals surface area contributed by atoms with Gasteiger partial charge in [0.25, 0.3) is 0 Å². The van der Waals surface area contributed by atoms with Gasteiger partial charge in [0.1, 0.15) is 17.0 Å². The Morgan fingerprint density at radius 3 is 2.42 bits per heavy atom. The maximum absolute atomic E-state index is 12.6. The Balaban J connectivity index is 1.62. The Kier molecular flexibility index (Phi) is 7.56. The maximum atomic E-state index is 12.6. The number of hydrogen-bond donors (Lipinski definition) is 2. The number of fused-ring (bicyclic) bond motifs is 3. The number of aliphatic hydroxyl groups excluding tert-OH is 1. The van der Waals surface area contributed by atoms with Crippen LogP contribution in [-0.4, -0.2) is 52.2 Å². The van der Waals surface area contributed by atoms with Crippen molar-refractivity contribution in [3.05, 3.63) is 69.1 Å². The zero-order valence-corrected chi connectivity index (χ0v) is 26.0. The molecule has 1 aliphatic carbocycles. The number of hydrogen-bond acceptors (Lipinski definition) is 9. The maximum Gasteiger partial charge on any atom is 0.334 e. The van der Waals surface area contributed by atoms with Crippen LogP contribution in [0.4, 0.5) is 0 Å². The SMILES string of the molecule is COC(=O)/C=C1\O[C@@]2(C)C/C=C/C(C)(C)C[C@@H]3Cc4c(C)cc(O)c(=O)cc4O[C@]3(C)[C@H](O)C[C@@H]2C[C@@]12OC(=O)C=C2C. The van der Waals surface area contributed by atoms with Gasteiger partial charge in [-0.1, -0.05) is 26.0 Å². The van der Waals surface area contributed by atoms with Gasteiger partial charge in [-0.05, 0) is 75.1 Å². The summed E-state index contributed by atoms with van der Waals surface area (Å²) in [7, 11) is 1.27. The molecule has 9 heteroatoms. The first kappa shape index (κ1) is 30.9. The molecule has 1 spiro atoms. The molecular weight excluding hydrogens is 552 g/mol. The van der Waals surface area contributed by atoms with Crippen LogP contribution in [0.15, 0.2) is 52.6 Å². The van der Waals surface area contributed by atoms with Crippen LogP contribution in [0.2, 0.25) is 0 Å². The summed E-state index contributed by atoms with van der Waals surface area (Å²) in [6.45, 7) is 11.7. The number of aryl methyl sites for hydroxylation is 1. The third-order valence-electron chi connectivity index (χ3n) is 10.1. The van der Waals surface area contributed by atoms with E-state index in [0.29, 0.717) is 30.6 Å². The highest BCUT2D eigenvalue weighted by Gasteiger charge is 2.59. The average Bonchev–Trinajstić information content (AvgIpc) is 3.14. The molecule has 0 unspecified atom stereocenters. The number of aromatic hydroxyl groups is 1. The van der Waals surface area contributed by atoms with E-state index < -0.39 is 40.3 Å². The van der Waals surface area contributed by atoms with Gasteiger partial charge in [-0.15, -0.1) is 0 Å². The van der Waals surface area contributed by atoms with E-state index in [1.165, 1.54) is 31.4 Å². The van der Waals surface area contributed by atoms with Crippen molar-refractivity contribution in [2.24, 2.45) is 17.3 Å². The van der Waals surface area contributed by atoms with Gasteiger partial charge in [-0.25, -0.2) is 9.59 Å². The summed E-state index contributed by atoms with van der Waals surface area (Å²) < 4.78 is 24.1. The standard InChI is InChI=1S/C34H42O9/c1-19-11-24(35)25(36)15-26-23(19)13-22-17-31(3,4)9-8-10-32(5)21(14-27(37)33(22,6)41-26)18-34(20(2)12-30(39)43-34)28(42-32)16-29(38)40-7/h8-9,11-12,15-16,21-22,27,37H,10,13-14,17-18H2,1-7H3,(H,35,36)/b9-8+,28-16-/t21-,22+,27-,32+,33+,34+/m1/s1. The second-order valence-electron chi connectivity index (χ2n) is 13.7. The topological polar surface area (TPSA) is 129 Å². The van der Waals surface area contributed by atoms with Crippen LogP contribution >= 0.6 is 0 Å². The van der Waals surface area contributed by atoms with Crippen molar-refractivity contribution in [1.82, 2.24) is 0 Å². The van der Waals surface area contributed by atoms with Gasteiger partial charge in [0.15, 0.2) is 17.1 Å². The predicted octanol–water partition coefficient (Wildman–Crippen LogP) is 4.59. The predicted molar refractivity (Wildman–Crippen MR) is 158 cm³/mol. The lowest BCUT2D eigenvalue weighted by molar-refractivity contribution is -0.178. The number of ether oxygens (including phenoxy) is 4. The Bertz CT molecular complexity index is 1500. The largest absolute Gasteiger partial charge is 0.504 e. The number of allylic oxidation sites excluding steroid dienone is 1. The van der Waals surface area contributed by atoms with Gasteiger partial charge in [-0.2, -0.15) is 0 Å². The molecule has 2 N–H and O–H groups in total. The molecule has 0 bridgehead atoms. The minimum absolute atomic E-state index is 0.142. The molecular formula is C34H42O9. The van der Waals surface area contributed by atoms with Crippen LogP contribution in [0, 0.1) is 24.2 Å². The summed E-state index contributed by atoms with van der Waals surface area (Å²) in [5.74, 6) is -1.43. The summed E-state index contributed by atoms with van der Waals surface area (Å²) in [5, 5.41) is 22.4. The van der Waals surface area contributed by atoms with E-state index in [-0.39, 0.29) is 41.6 Å². The van der Waals surface area contributed by atoms with E-state index in [2.05, 4.69) is 26.0 Å². The Labute approximate surface area is 252 Å². The van der Waals surface area contributed by atoms with Crippen LogP contribution in [-0.2, 0) is 30.2 Å². The van der Waals surface area contributed by atoms with Gasteiger partial charge in [0.2, 0.25) is 5.43 Å². The number of aliphatic hydroxyl groups is 1. The van der Waals surface area contributed by atoms with E-state index in [1.54, 1.807) is 6.92 Å². The number of carbonyl (C=O) groups is 2. The van der Waals surface area contributed by atoms with Crippen LogP contribution in [0.3, 0.4) is 0 Å².